The first-order valence-electron chi connectivity index (χ1n) is 5.63. The minimum Gasteiger partial charge on any atom is -0.395 e. The van der Waals surface area contributed by atoms with Gasteiger partial charge in [0.2, 0.25) is 0 Å². The molecular formula is C12H11F2N3O2. The number of hydrogen-bond donors (Lipinski definition) is 1. The van der Waals surface area contributed by atoms with Crippen molar-refractivity contribution in [2.75, 3.05) is 5.32 Å². The topological polar surface area (TPSA) is 48.3 Å². The van der Waals surface area contributed by atoms with E-state index in [0.29, 0.717) is 12.2 Å². The highest BCUT2D eigenvalue weighted by atomic mass is 19.3. The van der Waals surface area contributed by atoms with Crippen molar-refractivity contribution in [2.24, 2.45) is 7.05 Å². The number of alkyl halides is 2. The molecule has 19 heavy (non-hydrogen) atoms. The highest BCUT2D eigenvalue weighted by molar-refractivity contribution is 5.56. The summed E-state index contributed by atoms with van der Waals surface area (Å²) in [5.41, 5.74) is 1.66. The maximum absolute atomic E-state index is 12.8. The summed E-state index contributed by atoms with van der Waals surface area (Å²) in [6.45, 7) is 0.546. The number of anilines is 1. The number of fused-ring (bicyclic) bond motifs is 1. The summed E-state index contributed by atoms with van der Waals surface area (Å²) in [4.78, 5) is 0. The smallest absolute Gasteiger partial charge is 0.395 e. The molecule has 2 heterocycles. The molecule has 100 valence electrons. The molecule has 0 amide bonds. The third kappa shape index (κ3) is 2.44. The SMILES string of the molecule is Cn1cc(CNc2ccc3c(c2)OC(F)(F)O3)cn1. The van der Waals surface area contributed by atoms with Crippen molar-refractivity contribution >= 4 is 5.69 Å². The lowest BCUT2D eigenvalue weighted by molar-refractivity contribution is -0.286. The largest absolute Gasteiger partial charge is 0.586 e. The Kier molecular flexibility index (Phi) is 2.55. The number of rotatable bonds is 3. The Bertz CT molecular complexity index is 613. The minimum absolute atomic E-state index is 0.0289. The quantitative estimate of drug-likeness (QED) is 0.927. The molecular weight excluding hydrogens is 256 g/mol. The Morgan fingerprint density at radius 2 is 2.11 bits per heavy atom. The summed E-state index contributed by atoms with van der Waals surface area (Å²) < 4.78 is 36.1. The van der Waals surface area contributed by atoms with Crippen LogP contribution in [0.1, 0.15) is 5.56 Å². The lowest BCUT2D eigenvalue weighted by atomic mass is 10.2. The van der Waals surface area contributed by atoms with Gasteiger partial charge in [-0.2, -0.15) is 5.10 Å². The van der Waals surface area contributed by atoms with Gasteiger partial charge in [0.05, 0.1) is 6.20 Å². The lowest BCUT2D eigenvalue weighted by Crippen LogP contribution is -2.25. The predicted octanol–water partition coefficient (Wildman–Crippen LogP) is 2.35. The highest BCUT2D eigenvalue weighted by Gasteiger charge is 2.43. The molecule has 3 rings (SSSR count). The Labute approximate surface area is 107 Å². The van der Waals surface area contributed by atoms with Crippen LogP contribution in [0.3, 0.4) is 0 Å². The maximum atomic E-state index is 12.8. The second kappa shape index (κ2) is 4.11. The third-order valence-corrected chi connectivity index (χ3v) is 2.66. The summed E-state index contributed by atoms with van der Waals surface area (Å²) in [6.07, 6.45) is 0.0204. The van der Waals surface area contributed by atoms with Crippen molar-refractivity contribution in [3.63, 3.8) is 0 Å². The standard InChI is InChI=1S/C12H11F2N3O2/c1-17-7-8(6-16-17)5-15-9-2-3-10-11(4-9)19-12(13,14)18-10/h2-4,6-7,15H,5H2,1H3. The number of aryl methyl sites for hydroxylation is 1. The Morgan fingerprint density at radius 1 is 1.32 bits per heavy atom. The Balaban J connectivity index is 1.70. The van der Waals surface area contributed by atoms with Gasteiger partial charge >= 0.3 is 6.29 Å². The van der Waals surface area contributed by atoms with Gasteiger partial charge in [-0.3, -0.25) is 4.68 Å². The van der Waals surface area contributed by atoms with E-state index in [2.05, 4.69) is 19.9 Å². The van der Waals surface area contributed by atoms with Crippen LogP contribution in [0.2, 0.25) is 0 Å². The van der Waals surface area contributed by atoms with Crippen LogP contribution in [0.15, 0.2) is 30.6 Å². The maximum Gasteiger partial charge on any atom is 0.586 e. The fourth-order valence-electron chi connectivity index (χ4n) is 1.83. The van der Waals surface area contributed by atoms with E-state index in [0.717, 1.165) is 5.56 Å². The first-order chi connectivity index (χ1) is 9.02. The molecule has 5 nitrogen and oxygen atoms in total. The van der Waals surface area contributed by atoms with Crippen LogP contribution in [0.4, 0.5) is 14.5 Å². The molecule has 1 aliphatic rings. The normalized spacial score (nSPS) is 15.5. The van der Waals surface area contributed by atoms with Crippen LogP contribution < -0.4 is 14.8 Å². The van der Waals surface area contributed by atoms with Crippen LogP contribution in [-0.2, 0) is 13.6 Å². The molecule has 0 spiro atoms. The summed E-state index contributed by atoms with van der Waals surface area (Å²) in [6, 6.07) is 4.58. The van der Waals surface area contributed by atoms with Crippen molar-refractivity contribution in [2.45, 2.75) is 12.8 Å². The monoisotopic (exact) mass is 267 g/mol. The number of aromatic nitrogens is 2. The number of benzene rings is 1. The summed E-state index contributed by atoms with van der Waals surface area (Å²) >= 11 is 0. The van der Waals surface area contributed by atoms with Gasteiger partial charge in [-0.25, -0.2) is 0 Å². The number of ether oxygens (including phenoxy) is 2. The van der Waals surface area contributed by atoms with E-state index < -0.39 is 6.29 Å². The molecule has 7 heteroatoms. The van der Waals surface area contributed by atoms with Crippen molar-refractivity contribution in [1.29, 1.82) is 0 Å². The number of hydrogen-bond acceptors (Lipinski definition) is 4. The van der Waals surface area contributed by atoms with Crippen molar-refractivity contribution in [3.8, 4) is 11.5 Å². The van der Waals surface area contributed by atoms with Crippen LogP contribution in [-0.4, -0.2) is 16.1 Å². The van der Waals surface area contributed by atoms with E-state index in [-0.39, 0.29) is 11.5 Å². The molecule has 0 saturated heterocycles. The van der Waals surface area contributed by atoms with Gasteiger partial charge in [-0.15, -0.1) is 8.78 Å². The Morgan fingerprint density at radius 3 is 2.84 bits per heavy atom. The molecule has 0 aliphatic carbocycles. The van der Waals surface area contributed by atoms with Gasteiger partial charge in [-0.05, 0) is 12.1 Å². The molecule has 1 N–H and O–H groups in total. The van der Waals surface area contributed by atoms with E-state index >= 15 is 0 Å². The number of nitrogens with zero attached hydrogens (tertiary/aromatic N) is 2. The zero-order valence-electron chi connectivity index (χ0n) is 10.1. The fourth-order valence-corrected chi connectivity index (χ4v) is 1.83. The molecule has 0 fully saturated rings. The van der Waals surface area contributed by atoms with E-state index in [1.165, 1.54) is 12.1 Å². The molecule has 0 atom stereocenters. The van der Waals surface area contributed by atoms with E-state index in [9.17, 15) is 8.78 Å². The minimum atomic E-state index is -3.58. The zero-order valence-corrected chi connectivity index (χ0v) is 10.1. The molecule has 1 aromatic carbocycles. The third-order valence-electron chi connectivity index (χ3n) is 2.66. The van der Waals surface area contributed by atoms with Gasteiger partial charge in [0.15, 0.2) is 11.5 Å². The highest BCUT2D eigenvalue weighted by Crippen LogP contribution is 2.42. The zero-order chi connectivity index (χ0) is 13.5. The second-order valence-electron chi connectivity index (χ2n) is 4.20. The Hall–Kier alpha value is -2.31. The van der Waals surface area contributed by atoms with Gasteiger partial charge in [0, 0.05) is 37.1 Å². The van der Waals surface area contributed by atoms with Crippen LogP contribution in [0.5, 0.6) is 11.5 Å². The summed E-state index contributed by atoms with van der Waals surface area (Å²) in [5.74, 6) is 0.0677. The average Bonchev–Trinajstić information content (AvgIpc) is 2.87. The molecule has 0 bridgehead atoms. The molecule has 0 unspecified atom stereocenters. The summed E-state index contributed by atoms with van der Waals surface area (Å²) in [5, 5.41) is 7.14. The van der Waals surface area contributed by atoms with Gasteiger partial charge in [-0.1, -0.05) is 0 Å². The van der Waals surface area contributed by atoms with Gasteiger partial charge < -0.3 is 14.8 Å². The fraction of sp³-hybridized carbons (Fsp3) is 0.250. The van der Waals surface area contributed by atoms with Gasteiger partial charge in [0.1, 0.15) is 0 Å². The van der Waals surface area contributed by atoms with Crippen molar-refractivity contribution in [1.82, 2.24) is 9.78 Å². The first kappa shape index (κ1) is 11.8. The van der Waals surface area contributed by atoms with Crippen LogP contribution in [0.25, 0.3) is 0 Å². The van der Waals surface area contributed by atoms with Crippen molar-refractivity contribution in [3.05, 3.63) is 36.2 Å². The van der Waals surface area contributed by atoms with Crippen molar-refractivity contribution < 1.29 is 18.3 Å². The molecule has 2 aromatic rings. The molecule has 1 aliphatic heterocycles. The van der Waals surface area contributed by atoms with Gasteiger partial charge in [0.25, 0.3) is 0 Å². The van der Waals surface area contributed by atoms with E-state index in [1.807, 2.05) is 13.2 Å². The van der Waals surface area contributed by atoms with E-state index in [4.69, 9.17) is 0 Å². The predicted molar refractivity (Wildman–Crippen MR) is 63.2 cm³/mol. The second-order valence-corrected chi connectivity index (χ2v) is 4.20. The lowest BCUT2D eigenvalue weighted by Gasteiger charge is -2.05. The molecule has 0 saturated carbocycles. The average molecular weight is 267 g/mol. The first-order valence-corrected chi connectivity index (χ1v) is 5.63. The van der Waals surface area contributed by atoms with E-state index in [1.54, 1.807) is 16.9 Å². The number of nitrogens with one attached hydrogen (secondary N) is 1. The number of halogens is 2. The molecule has 0 radical (unpaired) electrons. The van der Waals surface area contributed by atoms with Crippen LogP contribution in [0, 0.1) is 0 Å². The molecule has 1 aromatic heterocycles. The van der Waals surface area contributed by atoms with Crippen LogP contribution >= 0.6 is 0 Å². The summed E-state index contributed by atoms with van der Waals surface area (Å²) in [7, 11) is 1.83.